The molecule has 1 heterocycles. The first-order valence-electron chi connectivity index (χ1n) is 5.61. The summed E-state index contributed by atoms with van der Waals surface area (Å²) in [5, 5.41) is 12.6. The number of nitriles is 1. The van der Waals surface area contributed by atoms with Crippen LogP contribution in [-0.4, -0.2) is 13.1 Å². The van der Waals surface area contributed by atoms with E-state index in [0.29, 0.717) is 0 Å². The summed E-state index contributed by atoms with van der Waals surface area (Å²) in [7, 11) is 0. The molecule has 0 aliphatic carbocycles. The Morgan fingerprint density at radius 2 is 1.82 bits per heavy atom. The van der Waals surface area contributed by atoms with Gasteiger partial charge in [-0.25, -0.2) is 4.39 Å². The van der Waals surface area contributed by atoms with E-state index < -0.39 is 0 Å². The van der Waals surface area contributed by atoms with Crippen LogP contribution in [-0.2, 0) is 6.42 Å². The predicted molar refractivity (Wildman–Crippen MR) is 67.5 cm³/mol. The maximum Gasteiger partial charge on any atom is 0.123 e. The van der Waals surface area contributed by atoms with Crippen molar-refractivity contribution in [2.75, 3.05) is 13.1 Å². The molecular formula is C13H16ClFN2. The molecule has 92 valence electrons. The maximum atomic E-state index is 12.8. The van der Waals surface area contributed by atoms with Crippen molar-refractivity contribution in [3.8, 4) is 6.07 Å². The molecule has 0 saturated carbocycles. The molecule has 0 bridgehead atoms. The number of piperidine rings is 1. The van der Waals surface area contributed by atoms with Crippen molar-refractivity contribution in [2.24, 2.45) is 5.41 Å². The van der Waals surface area contributed by atoms with Crippen LogP contribution in [0.4, 0.5) is 4.39 Å². The maximum absolute atomic E-state index is 12.8. The summed E-state index contributed by atoms with van der Waals surface area (Å²) in [6.45, 7) is 1.80. The highest BCUT2D eigenvalue weighted by Crippen LogP contribution is 2.32. The predicted octanol–water partition coefficient (Wildman–Crippen LogP) is 2.68. The van der Waals surface area contributed by atoms with E-state index in [0.717, 1.165) is 37.9 Å². The summed E-state index contributed by atoms with van der Waals surface area (Å²) >= 11 is 0. The molecule has 1 saturated heterocycles. The highest BCUT2D eigenvalue weighted by Gasteiger charge is 2.31. The molecule has 1 aliphatic rings. The van der Waals surface area contributed by atoms with Gasteiger partial charge in [-0.15, -0.1) is 12.4 Å². The SMILES string of the molecule is Cl.N#CC1(Cc2ccc(F)cc2)CCNCC1. The molecule has 4 heteroatoms. The van der Waals surface area contributed by atoms with E-state index in [1.807, 2.05) is 0 Å². The smallest absolute Gasteiger partial charge is 0.123 e. The largest absolute Gasteiger partial charge is 0.317 e. The molecule has 1 N–H and O–H groups in total. The zero-order chi connectivity index (χ0) is 11.4. The summed E-state index contributed by atoms with van der Waals surface area (Å²) in [4.78, 5) is 0. The fraction of sp³-hybridized carbons (Fsp3) is 0.462. The zero-order valence-corrected chi connectivity index (χ0v) is 10.4. The second kappa shape index (κ2) is 6.00. The molecule has 0 radical (unpaired) electrons. The van der Waals surface area contributed by atoms with Crippen molar-refractivity contribution in [2.45, 2.75) is 19.3 Å². The quantitative estimate of drug-likeness (QED) is 0.881. The third kappa shape index (κ3) is 3.42. The number of hydrogen-bond donors (Lipinski definition) is 1. The van der Waals surface area contributed by atoms with Crippen LogP contribution in [0, 0.1) is 22.6 Å². The van der Waals surface area contributed by atoms with Gasteiger partial charge in [0.25, 0.3) is 0 Å². The third-order valence-corrected chi connectivity index (χ3v) is 3.25. The average molecular weight is 255 g/mol. The van der Waals surface area contributed by atoms with E-state index in [9.17, 15) is 9.65 Å². The number of hydrogen-bond acceptors (Lipinski definition) is 2. The highest BCUT2D eigenvalue weighted by molar-refractivity contribution is 5.85. The normalized spacial score (nSPS) is 17.9. The zero-order valence-electron chi connectivity index (χ0n) is 9.58. The van der Waals surface area contributed by atoms with Crippen molar-refractivity contribution >= 4 is 12.4 Å². The molecule has 1 fully saturated rings. The topological polar surface area (TPSA) is 35.8 Å². The minimum atomic E-state index is -0.261. The minimum Gasteiger partial charge on any atom is -0.317 e. The first-order chi connectivity index (χ1) is 7.74. The Balaban J connectivity index is 0.00000144. The lowest BCUT2D eigenvalue weighted by Crippen LogP contribution is -2.37. The van der Waals surface area contributed by atoms with Gasteiger partial charge in [-0.2, -0.15) is 5.26 Å². The van der Waals surface area contributed by atoms with Crippen LogP contribution in [0.5, 0.6) is 0 Å². The highest BCUT2D eigenvalue weighted by atomic mass is 35.5. The van der Waals surface area contributed by atoms with Crippen molar-refractivity contribution < 1.29 is 4.39 Å². The molecule has 0 amide bonds. The monoisotopic (exact) mass is 254 g/mol. The fourth-order valence-electron chi connectivity index (χ4n) is 2.23. The Hall–Kier alpha value is -1.11. The van der Waals surface area contributed by atoms with Crippen LogP contribution in [0.25, 0.3) is 0 Å². The Bertz CT molecular complexity index is 391. The number of nitrogens with zero attached hydrogens (tertiary/aromatic N) is 1. The molecule has 0 aromatic heterocycles. The number of nitrogens with one attached hydrogen (secondary N) is 1. The van der Waals surface area contributed by atoms with E-state index in [2.05, 4.69) is 11.4 Å². The van der Waals surface area contributed by atoms with Gasteiger partial charge in [0.05, 0.1) is 11.5 Å². The van der Waals surface area contributed by atoms with E-state index in [4.69, 9.17) is 0 Å². The van der Waals surface area contributed by atoms with E-state index >= 15 is 0 Å². The molecule has 1 aromatic rings. The van der Waals surface area contributed by atoms with Crippen LogP contribution in [0.1, 0.15) is 18.4 Å². The van der Waals surface area contributed by atoms with Gasteiger partial charge in [0.15, 0.2) is 0 Å². The minimum absolute atomic E-state index is 0. The molecule has 0 spiro atoms. The second-order valence-electron chi connectivity index (χ2n) is 4.45. The first-order valence-corrected chi connectivity index (χ1v) is 5.61. The number of halogens is 2. The summed E-state index contributed by atoms with van der Waals surface area (Å²) in [6.07, 6.45) is 2.48. The lowest BCUT2D eigenvalue weighted by molar-refractivity contribution is 0.280. The first kappa shape index (κ1) is 14.0. The molecular weight excluding hydrogens is 239 g/mol. The van der Waals surface area contributed by atoms with Crippen LogP contribution in [0.3, 0.4) is 0 Å². The average Bonchev–Trinajstić information content (AvgIpc) is 2.33. The van der Waals surface area contributed by atoms with Crippen LogP contribution >= 0.6 is 12.4 Å². The van der Waals surface area contributed by atoms with E-state index in [-0.39, 0.29) is 23.6 Å². The third-order valence-electron chi connectivity index (χ3n) is 3.25. The van der Waals surface area contributed by atoms with Crippen molar-refractivity contribution in [1.82, 2.24) is 5.32 Å². The van der Waals surface area contributed by atoms with Crippen LogP contribution < -0.4 is 5.32 Å². The molecule has 0 atom stereocenters. The van der Waals surface area contributed by atoms with Gasteiger partial charge in [-0.05, 0) is 50.0 Å². The standard InChI is InChI=1S/C13H15FN2.ClH/c14-12-3-1-11(2-4-12)9-13(10-15)5-7-16-8-6-13;/h1-4,16H,5-9H2;1H. The number of benzene rings is 1. The van der Waals surface area contributed by atoms with E-state index in [1.165, 1.54) is 12.1 Å². The van der Waals surface area contributed by atoms with Crippen molar-refractivity contribution in [1.29, 1.82) is 5.26 Å². The second-order valence-corrected chi connectivity index (χ2v) is 4.45. The van der Waals surface area contributed by atoms with Crippen molar-refractivity contribution in [3.05, 3.63) is 35.6 Å². The molecule has 2 rings (SSSR count). The summed E-state index contributed by atoms with van der Waals surface area (Å²) < 4.78 is 12.8. The van der Waals surface area contributed by atoms with Gasteiger partial charge in [0.2, 0.25) is 0 Å². The summed E-state index contributed by atoms with van der Waals surface area (Å²) in [5.41, 5.74) is 0.785. The Kier molecular flexibility index (Phi) is 4.92. The molecule has 1 aromatic carbocycles. The Morgan fingerprint density at radius 3 is 2.35 bits per heavy atom. The molecule has 2 nitrogen and oxygen atoms in total. The Morgan fingerprint density at radius 1 is 1.24 bits per heavy atom. The van der Waals surface area contributed by atoms with Gasteiger partial charge < -0.3 is 5.32 Å². The molecule has 1 aliphatic heterocycles. The molecule has 0 unspecified atom stereocenters. The fourth-order valence-corrected chi connectivity index (χ4v) is 2.23. The van der Waals surface area contributed by atoms with Gasteiger partial charge in [0.1, 0.15) is 5.82 Å². The Labute approximate surface area is 107 Å². The van der Waals surface area contributed by atoms with Gasteiger partial charge >= 0.3 is 0 Å². The lowest BCUT2D eigenvalue weighted by atomic mass is 9.75. The van der Waals surface area contributed by atoms with Gasteiger partial charge in [-0.1, -0.05) is 12.1 Å². The van der Waals surface area contributed by atoms with Crippen LogP contribution in [0.15, 0.2) is 24.3 Å². The summed E-state index contributed by atoms with van der Waals surface area (Å²) in [6, 6.07) is 8.91. The number of rotatable bonds is 2. The van der Waals surface area contributed by atoms with Gasteiger partial charge in [0, 0.05) is 0 Å². The van der Waals surface area contributed by atoms with Crippen LogP contribution in [0.2, 0.25) is 0 Å². The molecule has 17 heavy (non-hydrogen) atoms. The van der Waals surface area contributed by atoms with E-state index in [1.54, 1.807) is 12.1 Å². The van der Waals surface area contributed by atoms with Crippen molar-refractivity contribution in [3.63, 3.8) is 0 Å². The lowest BCUT2D eigenvalue weighted by Gasteiger charge is -2.31. The van der Waals surface area contributed by atoms with Gasteiger partial charge in [-0.3, -0.25) is 0 Å². The summed E-state index contributed by atoms with van der Waals surface area (Å²) in [5.74, 6) is -0.222.